The van der Waals surface area contributed by atoms with E-state index in [0.717, 1.165) is 43.0 Å². The van der Waals surface area contributed by atoms with Crippen LogP contribution >= 0.6 is 0 Å². The number of ketones is 1. The molecule has 148 valence electrons. The molecule has 2 aromatic carbocycles. The van der Waals surface area contributed by atoms with Crippen molar-refractivity contribution in [1.82, 2.24) is 9.80 Å². The van der Waals surface area contributed by atoms with E-state index >= 15 is 0 Å². The Balaban J connectivity index is 1.47. The van der Waals surface area contributed by atoms with Crippen molar-refractivity contribution >= 4 is 17.4 Å². The molecule has 0 N–H and O–H groups in total. The number of Topliss-reactive ketones (excluding diaryl/α,β-unsaturated/α-hetero) is 1. The van der Waals surface area contributed by atoms with E-state index in [0.29, 0.717) is 13.1 Å². The van der Waals surface area contributed by atoms with Gasteiger partial charge in [0.15, 0.2) is 5.78 Å². The number of rotatable bonds is 6. The lowest BCUT2D eigenvalue weighted by Gasteiger charge is -2.36. The van der Waals surface area contributed by atoms with Crippen LogP contribution in [0.25, 0.3) is 0 Å². The van der Waals surface area contributed by atoms with E-state index in [2.05, 4.69) is 41.0 Å². The van der Waals surface area contributed by atoms with Crippen LogP contribution in [-0.4, -0.2) is 61.3 Å². The van der Waals surface area contributed by atoms with E-state index in [-0.39, 0.29) is 11.7 Å². The lowest BCUT2D eigenvalue weighted by molar-refractivity contribution is -0.131. The van der Waals surface area contributed by atoms with E-state index < -0.39 is 0 Å². The fraction of sp³-hybridized carbons (Fsp3) is 0.391. The van der Waals surface area contributed by atoms with Crippen molar-refractivity contribution in [2.24, 2.45) is 0 Å². The molecule has 0 saturated carbocycles. The van der Waals surface area contributed by atoms with E-state index in [1.165, 1.54) is 5.56 Å². The van der Waals surface area contributed by atoms with Gasteiger partial charge in [0.05, 0.1) is 6.54 Å². The number of benzene rings is 2. The van der Waals surface area contributed by atoms with E-state index in [9.17, 15) is 9.59 Å². The summed E-state index contributed by atoms with van der Waals surface area (Å²) >= 11 is 0. The topological polar surface area (TPSA) is 43.9 Å². The average molecular weight is 380 g/mol. The summed E-state index contributed by atoms with van der Waals surface area (Å²) in [6.45, 7) is 8.23. The predicted octanol–water partition coefficient (Wildman–Crippen LogP) is 2.98. The van der Waals surface area contributed by atoms with E-state index in [1.807, 2.05) is 31.3 Å². The second kappa shape index (κ2) is 9.02. The second-order valence-corrected chi connectivity index (χ2v) is 7.60. The van der Waals surface area contributed by atoms with Crippen molar-refractivity contribution in [1.29, 1.82) is 0 Å². The van der Waals surface area contributed by atoms with Crippen molar-refractivity contribution in [2.75, 3.05) is 44.7 Å². The molecule has 1 fully saturated rings. The minimum absolute atomic E-state index is 0.0876. The first-order valence-electron chi connectivity index (χ1n) is 9.80. The Morgan fingerprint density at radius 1 is 0.929 bits per heavy atom. The Morgan fingerprint density at radius 3 is 2.11 bits per heavy atom. The van der Waals surface area contributed by atoms with Crippen LogP contribution < -0.4 is 4.90 Å². The van der Waals surface area contributed by atoms with Crippen LogP contribution in [0.1, 0.15) is 28.4 Å². The number of nitrogens with zero attached hydrogens (tertiary/aromatic N) is 3. The summed E-state index contributed by atoms with van der Waals surface area (Å²) in [5.74, 6) is 0.240. The van der Waals surface area contributed by atoms with E-state index in [4.69, 9.17) is 0 Å². The molecule has 3 rings (SSSR count). The molecule has 1 heterocycles. The van der Waals surface area contributed by atoms with Crippen LogP contribution in [0.4, 0.5) is 5.69 Å². The standard InChI is InChI=1S/C23H29N3O2/c1-18-4-6-20(7-5-18)16-24(3)23(28)17-25-12-14-26(15-13-25)22-10-8-21(9-11-22)19(2)27/h4-11H,12-17H2,1-3H3. The molecule has 0 atom stereocenters. The molecule has 1 aliphatic rings. The molecular formula is C23H29N3O2. The summed E-state index contributed by atoms with van der Waals surface area (Å²) in [4.78, 5) is 30.3. The Kier molecular flexibility index (Phi) is 6.47. The number of amides is 1. The fourth-order valence-corrected chi connectivity index (χ4v) is 3.44. The Labute approximate surface area is 167 Å². The first-order chi connectivity index (χ1) is 13.4. The van der Waals surface area contributed by atoms with Crippen LogP contribution in [0.2, 0.25) is 0 Å². The predicted molar refractivity (Wildman–Crippen MR) is 113 cm³/mol. The minimum Gasteiger partial charge on any atom is -0.369 e. The lowest BCUT2D eigenvalue weighted by Crippen LogP contribution is -2.49. The highest BCUT2D eigenvalue weighted by Crippen LogP contribution is 2.18. The lowest BCUT2D eigenvalue weighted by atomic mass is 10.1. The van der Waals surface area contributed by atoms with Crippen LogP contribution in [0.5, 0.6) is 0 Å². The van der Waals surface area contributed by atoms with Gasteiger partial charge < -0.3 is 9.80 Å². The van der Waals surface area contributed by atoms with Gasteiger partial charge in [0.1, 0.15) is 0 Å². The van der Waals surface area contributed by atoms with Gasteiger partial charge in [-0.1, -0.05) is 29.8 Å². The van der Waals surface area contributed by atoms with Crippen molar-refractivity contribution in [3.63, 3.8) is 0 Å². The van der Waals surface area contributed by atoms with Gasteiger partial charge >= 0.3 is 0 Å². The summed E-state index contributed by atoms with van der Waals surface area (Å²) in [5.41, 5.74) is 4.25. The highest BCUT2D eigenvalue weighted by atomic mass is 16.2. The molecule has 1 amide bonds. The van der Waals surface area contributed by atoms with Crippen LogP contribution in [-0.2, 0) is 11.3 Å². The number of likely N-dealkylation sites (N-methyl/N-ethyl adjacent to an activating group) is 1. The number of carbonyl (C=O) groups is 2. The normalized spacial score (nSPS) is 14.8. The third-order valence-electron chi connectivity index (χ3n) is 5.34. The third-order valence-corrected chi connectivity index (χ3v) is 5.34. The maximum absolute atomic E-state index is 12.6. The van der Waals surface area contributed by atoms with E-state index in [1.54, 1.807) is 11.8 Å². The summed E-state index contributed by atoms with van der Waals surface area (Å²) < 4.78 is 0. The molecule has 1 aliphatic heterocycles. The van der Waals surface area contributed by atoms with Gasteiger partial charge in [0.25, 0.3) is 0 Å². The van der Waals surface area contributed by atoms with Crippen LogP contribution in [0, 0.1) is 6.92 Å². The first-order valence-corrected chi connectivity index (χ1v) is 9.80. The zero-order chi connectivity index (χ0) is 20.1. The maximum Gasteiger partial charge on any atom is 0.236 e. The molecule has 0 unspecified atom stereocenters. The average Bonchev–Trinajstić information content (AvgIpc) is 2.70. The Morgan fingerprint density at radius 2 is 1.54 bits per heavy atom. The highest BCUT2D eigenvalue weighted by Gasteiger charge is 2.21. The van der Waals surface area contributed by atoms with Gasteiger partial charge in [-0.25, -0.2) is 0 Å². The molecule has 0 aliphatic carbocycles. The Hall–Kier alpha value is -2.66. The van der Waals surface area contributed by atoms with Crippen molar-refractivity contribution in [3.8, 4) is 0 Å². The van der Waals surface area contributed by atoms with Gasteiger partial charge in [0, 0.05) is 51.0 Å². The fourth-order valence-electron chi connectivity index (χ4n) is 3.44. The van der Waals surface area contributed by atoms with Gasteiger partial charge in [-0.05, 0) is 43.7 Å². The smallest absolute Gasteiger partial charge is 0.236 e. The molecule has 0 aromatic heterocycles. The summed E-state index contributed by atoms with van der Waals surface area (Å²) in [7, 11) is 1.87. The number of hydrogen-bond acceptors (Lipinski definition) is 4. The number of aryl methyl sites for hydroxylation is 1. The van der Waals surface area contributed by atoms with Gasteiger partial charge in [0.2, 0.25) is 5.91 Å². The van der Waals surface area contributed by atoms with Gasteiger partial charge in [-0.15, -0.1) is 0 Å². The molecule has 5 heteroatoms. The summed E-state index contributed by atoms with van der Waals surface area (Å²) in [5, 5.41) is 0. The molecule has 2 aromatic rings. The molecule has 0 bridgehead atoms. The first kappa shape index (κ1) is 20.1. The Bertz CT molecular complexity index is 807. The largest absolute Gasteiger partial charge is 0.369 e. The third kappa shape index (κ3) is 5.20. The SMILES string of the molecule is CC(=O)c1ccc(N2CCN(CC(=O)N(C)Cc3ccc(C)cc3)CC2)cc1. The number of hydrogen-bond donors (Lipinski definition) is 0. The second-order valence-electron chi connectivity index (χ2n) is 7.60. The maximum atomic E-state index is 12.6. The summed E-state index contributed by atoms with van der Waals surface area (Å²) in [6, 6.07) is 16.1. The highest BCUT2D eigenvalue weighted by molar-refractivity contribution is 5.94. The quantitative estimate of drug-likeness (QED) is 0.724. The van der Waals surface area contributed by atoms with Gasteiger partial charge in [-0.2, -0.15) is 0 Å². The zero-order valence-electron chi connectivity index (χ0n) is 17.0. The molecule has 28 heavy (non-hydrogen) atoms. The number of carbonyl (C=O) groups excluding carboxylic acids is 2. The van der Waals surface area contributed by atoms with Crippen molar-refractivity contribution in [2.45, 2.75) is 20.4 Å². The molecule has 1 saturated heterocycles. The number of anilines is 1. The zero-order valence-corrected chi connectivity index (χ0v) is 17.0. The van der Waals surface area contributed by atoms with Crippen LogP contribution in [0.15, 0.2) is 48.5 Å². The summed E-state index contributed by atoms with van der Waals surface area (Å²) in [6.07, 6.45) is 0. The molecule has 0 radical (unpaired) electrons. The molecular weight excluding hydrogens is 350 g/mol. The molecule has 5 nitrogen and oxygen atoms in total. The van der Waals surface area contributed by atoms with Crippen molar-refractivity contribution in [3.05, 3.63) is 65.2 Å². The number of piperazine rings is 1. The van der Waals surface area contributed by atoms with Gasteiger partial charge in [-0.3, -0.25) is 14.5 Å². The van der Waals surface area contributed by atoms with Crippen LogP contribution in [0.3, 0.4) is 0 Å². The monoisotopic (exact) mass is 379 g/mol. The van der Waals surface area contributed by atoms with Crippen molar-refractivity contribution < 1.29 is 9.59 Å². The minimum atomic E-state index is 0.0876. The molecule has 0 spiro atoms.